The molecule has 0 aliphatic heterocycles. The van der Waals surface area contributed by atoms with Gasteiger partial charge in [0.1, 0.15) is 0 Å². The molecular weight excluding hydrogens is 304 g/mol. The van der Waals surface area contributed by atoms with Crippen LogP contribution < -0.4 is 10.2 Å². The van der Waals surface area contributed by atoms with E-state index >= 15 is 0 Å². The van der Waals surface area contributed by atoms with E-state index in [-0.39, 0.29) is 0 Å². The first-order valence-electron chi connectivity index (χ1n) is 6.85. The molecule has 1 aromatic rings. The van der Waals surface area contributed by atoms with E-state index in [1.807, 2.05) is 0 Å². The van der Waals surface area contributed by atoms with Gasteiger partial charge >= 0.3 is 0 Å². The van der Waals surface area contributed by atoms with Gasteiger partial charge in [-0.3, -0.25) is 0 Å². The summed E-state index contributed by atoms with van der Waals surface area (Å²) in [6, 6.07) is 7.70. The van der Waals surface area contributed by atoms with E-state index < -0.39 is 0 Å². The summed E-state index contributed by atoms with van der Waals surface area (Å²) in [5.41, 5.74) is 2.54. The molecule has 1 N–H and O–H groups in total. The van der Waals surface area contributed by atoms with Gasteiger partial charge in [-0.25, -0.2) is 0 Å². The Morgan fingerprint density at radius 2 is 2.21 bits per heavy atom. The van der Waals surface area contributed by atoms with Gasteiger partial charge in [0, 0.05) is 37.3 Å². The molecule has 1 saturated carbocycles. The molecule has 1 aliphatic rings. The van der Waals surface area contributed by atoms with Crippen LogP contribution in [0.4, 0.5) is 5.69 Å². The molecule has 0 heterocycles. The van der Waals surface area contributed by atoms with E-state index in [0.29, 0.717) is 6.04 Å². The number of halogens is 1. The van der Waals surface area contributed by atoms with Crippen molar-refractivity contribution >= 4 is 21.6 Å². The minimum atomic E-state index is 0.358. The third kappa shape index (κ3) is 4.20. The number of methoxy groups -OCH3 is 1. The molecule has 0 bridgehead atoms. The number of ether oxygens (including phenoxy) is 1. The summed E-state index contributed by atoms with van der Waals surface area (Å²) in [5.74, 6) is 0. The molecular formula is C15H23BrN2O. The van der Waals surface area contributed by atoms with E-state index in [9.17, 15) is 0 Å². The molecule has 1 unspecified atom stereocenters. The van der Waals surface area contributed by atoms with Crippen LogP contribution in [0.3, 0.4) is 0 Å². The van der Waals surface area contributed by atoms with Crippen LogP contribution in [-0.2, 0) is 11.3 Å². The predicted molar refractivity (Wildman–Crippen MR) is 83.7 cm³/mol. The van der Waals surface area contributed by atoms with Crippen molar-refractivity contribution < 1.29 is 4.74 Å². The van der Waals surface area contributed by atoms with Crippen molar-refractivity contribution in [2.24, 2.45) is 0 Å². The molecule has 0 amide bonds. The number of anilines is 1. The Kier molecular flexibility index (Phi) is 5.25. The van der Waals surface area contributed by atoms with Crippen LogP contribution in [0.25, 0.3) is 0 Å². The highest BCUT2D eigenvalue weighted by atomic mass is 79.9. The number of rotatable bonds is 7. The van der Waals surface area contributed by atoms with Crippen molar-refractivity contribution in [1.82, 2.24) is 5.32 Å². The van der Waals surface area contributed by atoms with Crippen LogP contribution in [0, 0.1) is 0 Å². The fourth-order valence-electron chi connectivity index (χ4n) is 2.09. The number of likely N-dealkylation sites (N-methyl/N-ethyl adjacent to an activating group) is 1. The first kappa shape index (κ1) is 14.8. The Morgan fingerprint density at radius 1 is 1.47 bits per heavy atom. The summed E-state index contributed by atoms with van der Waals surface area (Å²) in [6.45, 7) is 3.85. The molecule has 0 radical (unpaired) electrons. The van der Waals surface area contributed by atoms with Crippen LogP contribution in [0.15, 0.2) is 22.7 Å². The summed E-state index contributed by atoms with van der Waals surface area (Å²) in [6.07, 6.45) is 2.66. The highest BCUT2D eigenvalue weighted by Gasteiger charge is 2.20. The lowest BCUT2D eigenvalue weighted by Gasteiger charge is -2.27. The SMILES string of the molecule is COCC(C)N(C)c1ccc(CNC2CC2)cc1Br. The van der Waals surface area contributed by atoms with E-state index in [2.05, 4.69) is 58.3 Å². The van der Waals surface area contributed by atoms with E-state index in [0.717, 1.165) is 23.7 Å². The number of nitrogens with zero attached hydrogens (tertiary/aromatic N) is 1. The Hall–Kier alpha value is -0.580. The molecule has 1 fully saturated rings. The maximum absolute atomic E-state index is 5.21. The lowest BCUT2D eigenvalue weighted by atomic mass is 10.1. The Bertz CT molecular complexity index is 421. The maximum atomic E-state index is 5.21. The summed E-state index contributed by atoms with van der Waals surface area (Å²) < 4.78 is 6.36. The van der Waals surface area contributed by atoms with Crippen LogP contribution in [0.5, 0.6) is 0 Å². The minimum Gasteiger partial charge on any atom is -0.383 e. The summed E-state index contributed by atoms with van der Waals surface area (Å²) >= 11 is 3.68. The predicted octanol–water partition coefficient (Wildman–Crippen LogP) is 3.17. The number of benzene rings is 1. The van der Waals surface area contributed by atoms with Crippen LogP contribution in [0.2, 0.25) is 0 Å². The zero-order valence-electron chi connectivity index (χ0n) is 11.9. The third-order valence-corrected chi connectivity index (χ3v) is 4.27. The van der Waals surface area contributed by atoms with Gasteiger partial charge in [-0.15, -0.1) is 0 Å². The summed E-state index contributed by atoms with van der Waals surface area (Å²) in [7, 11) is 3.85. The molecule has 4 heteroatoms. The Morgan fingerprint density at radius 3 is 2.79 bits per heavy atom. The quantitative estimate of drug-likeness (QED) is 0.832. The van der Waals surface area contributed by atoms with Gasteiger partial charge in [-0.05, 0) is 53.4 Å². The monoisotopic (exact) mass is 326 g/mol. The van der Waals surface area contributed by atoms with E-state index in [1.165, 1.54) is 24.1 Å². The highest BCUT2D eigenvalue weighted by Crippen LogP contribution is 2.28. The van der Waals surface area contributed by atoms with Crippen molar-refractivity contribution in [3.8, 4) is 0 Å². The maximum Gasteiger partial charge on any atom is 0.0663 e. The van der Waals surface area contributed by atoms with Crippen molar-refractivity contribution in [1.29, 1.82) is 0 Å². The van der Waals surface area contributed by atoms with Gasteiger partial charge in [-0.1, -0.05) is 6.07 Å². The van der Waals surface area contributed by atoms with Crippen molar-refractivity contribution in [2.45, 2.75) is 38.4 Å². The third-order valence-electron chi connectivity index (χ3n) is 3.63. The molecule has 1 aliphatic carbocycles. The lowest BCUT2D eigenvalue weighted by Crippen LogP contribution is -2.32. The molecule has 0 saturated heterocycles. The van der Waals surface area contributed by atoms with Gasteiger partial charge < -0.3 is 15.0 Å². The number of hydrogen-bond acceptors (Lipinski definition) is 3. The van der Waals surface area contributed by atoms with Crippen molar-refractivity contribution in [3.63, 3.8) is 0 Å². The van der Waals surface area contributed by atoms with Crippen LogP contribution in [0.1, 0.15) is 25.3 Å². The summed E-state index contributed by atoms with van der Waals surface area (Å²) in [5, 5.41) is 3.54. The van der Waals surface area contributed by atoms with Crippen molar-refractivity contribution in [3.05, 3.63) is 28.2 Å². The topological polar surface area (TPSA) is 24.5 Å². The number of hydrogen-bond donors (Lipinski definition) is 1. The average molecular weight is 327 g/mol. The van der Waals surface area contributed by atoms with Gasteiger partial charge in [0.25, 0.3) is 0 Å². The van der Waals surface area contributed by atoms with Gasteiger partial charge in [0.05, 0.1) is 12.3 Å². The van der Waals surface area contributed by atoms with Crippen LogP contribution >= 0.6 is 15.9 Å². The molecule has 3 nitrogen and oxygen atoms in total. The first-order chi connectivity index (χ1) is 9.11. The second-order valence-electron chi connectivity index (χ2n) is 5.36. The van der Waals surface area contributed by atoms with E-state index in [1.54, 1.807) is 7.11 Å². The Balaban J connectivity index is 2.00. The smallest absolute Gasteiger partial charge is 0.0663 e. The molecule has 19 heavy (non-hydrogen) atoms. The largest absolute Gasteiger partial charge is 0.383 e. The Labute approximate surface area is 124 Å². The molecule has 106 valence electrons. The minimum absolute atomic E-state index is 0.358. The fraction of sp³-hybridized carbons (Fsp3) is 0.600. The lowest BCUT2D eigenvalue weighted by molar-refractivity contribution is 0.183. The normalized spacial score (nSPS) is 16.4. The van der Waals surface area contributed by atoms with Gasteiger partial charge in [0.15, 0.2) is 0 Å². The van der Waals surface area contributed by atoms with Gasteiger partial charge in [0.2, 0.25) is 0 Å². The van der Waals surface area contributed by atoms with Crippen LogP contribution in [-0.4, -0.2) is 32.8 Å². The second-order valence-corrected chi connectivity index (χ2v) is 6.21. The van der Waals surface area contributed by atoms with E-state index in [4.69, 9.17) is 4.74 Å². The second kappa shape index (κ2) is 6.73. The molecule has 2 rings (SSSR count). The first-order valence-corrected chi connectivity index (χ1v) is 7.64. The molecule has 0 aromatic heterocycles. The molecule has 1 aromatic carbocycles. The summed E-state index contributed by atoms with van der Waals surface area (Å²) in [4.78, 5) is 2.24. The molecule has 1 atom stereocenters. The molecule has 0 spiro atoms. The standard InChI is InChI=1S/C15H23BrN2O/c1-11(10-19-3)18(2)15-7-4-12(8-14(15)16)9-17-13-5-6-13/h4,7-8,11,13,17H,5-6,9-10H2,1-3H3. The fourth-order valence-corrected chi connectivity index (χ4v) is 2.79. The zero-order chi connectivity index (χ0) is 13.8. The zero-order valence-corrected chi connectivity index (χ0v) is 13.5. The van der Waals surface area contributed by atoms with Crippen molar-refractivity contribution in [2.75, 3.05) is 25.7 Å². The average Bonchev–Trinajstić information content (AvgIpc) is 3.20. The highest BCUT2D eigenvalue weighted by molar-refractivity contribution is 9.10. The number of nitrogens with one attached hydrogen (secondary N) is 1. The van der Waals surface area contributed by atoms with Gasteiger partial charge in [-0.2, -0.15) is 0 Å².